The van der Waals surface area contributed by atoms with Gasteiger partial charge in [-0.15, -0.1) is 22.7 Å². The summed E-state index contributed by atoms with van der Waals surface area (Å²) < 4.78 is 62.3. The molecule has 0 spiro atoms. The van der Waals surface area contributed by atoms with E-state index in [2.05, 4.69) is 43.3 Å². The van der Waals surface area contributed by atoms with Crippen LogP contribution in [0.4, 0.5) is 4.39 Å². The number of hydrogen-bond donors (Lipinski definition) is 4. The molecule has 3 saturated carbocycles. The fourth-order valence-corrected chi connectivity index (χ4v) is 18.0. The van der Waals surface area contributed by atoms with Gasteiger partial charge in [-0.25, -0.2) is 14.0 Å². The van der Waals surface area contributed by atoms with Gasteiger partial charge < -0.3 is 58.5 Å². The monoisotopic (exact) mass is 2020 g/mol. The zero-order valence-electron chi connectivity index (χ0n) is 77.5. The number of ketones is 7. The van der Waals surface area contributed by atoms with E-state index in [1.165, 1.54) is 200 Å². The number of thiol groups is 1. The van der Waals surface area contributed by atoms with Crippen LogP contribution in [0, 0.1) is 11.7 Å². The maximum absolute atomic E-state index is 12.8. The number of Topliss-reactive ketones (excluding diaryl/α,β-unsaturated/α-hetero) is 7. The predicted molar refractivity (Wildman–Crippen MR) is 493 cm³/mol. The number of aliphatic carboxylic acids is 1. The number of carbonyl (C=O) groups excluding carboxylic acids is 15. The Labute approximate surface area is 806 Å². The van der Waals surface area contributed by atoms with Crippen LogP contribution in [0.1, 0.15) is 310 Å². The molecule has 7 aliphatic carbocycles. The number of rotatable bonds is 18. The van der Waals surface area contributed by atoms with Crippen molar-refractivity contribution in [1.29, 1.82) is 0 Å². The van der Waals surface area contributed by atoms with Crippen LogP contribution in [-0.2, 0) is 139 Å². The first kappa shape index (κ1) is 121. The van der Waals surface area contributed by atoms with Gasteiger partial charge in [0, 0.05) is 119 Å². The SMILES string of the molecule is C1=C(N2CCCC2)CCC1.C1CCNC1.CC(=O)O.CC(=O)OC(C)/C(Cl)=C1\CCCC1=O.CC(=O)OC(C)C(=O)C1=C(N2CCCC2)CCC1.CC(=O)OC(C)C(=O)C1CCCC1=O.CC(=O)OC(C)C(=O)Cl.CC(=O)c1cc(Cl)c(F)c(Cl)c1.COC(=O)CS.COC(=O)c1sc(C(C)=O)c2c1CCC2.COC(=O)c1sc(C(C)O)c2c1CCC2.O=C1CCCC1.[O]=[Mn]=[O]. The van der Waals surface area contributed by atoms with Gasteiger partial charge in [-0.3, -0.25) is 67.1 Å². The van der Waals surface area contributed by atoms with Crippen molar-refractivity contribution in [2.75, 3.05) is 66.4 Å². The van der Waals surface area contributed by atoms with E-state index >= 15 is 0 Å². The number of carbonyl (C=O) groups is 16. The Morgan fingerprint density at radius 2 is 0.985 bits per heavy atom. The number of ether oxygens (including phenoxy) is 7. The molecule has 0 amide bonds. The van der Waals surface area contributed by atoms with Crippen molar-refractivity contribution in [3.05, 3.63) is 109 Å². The Balaban J connectivity index is 0.000000725. The third-order valence-corrected chi connectivity index (χ3v) is 25.1. The van der Waals surface area contributed by atoms with E-state index in [0.29, 0.717) is 57.4 Å². The molecular weight excluding hydrogens is 1890 g/mol. The first-order valence-corrected chi connectivity index (χ1v) is 48.2. The first-order valence-electron chi connectivity index (χ1n) is 43.4. The minimum absolute atomic E-state index is 0.00963. The van der Waals surface area contributed by atoms with Crippen molar-refractivity contribution in [1.82, 2.24) is 15.1 Å². The molecule has 131 heavy (non-hydrogen) atoms. The normalized spacial score (nSPS) is 17.5. The quantitative estimate of drug-likeness (QED) is 0.0106. The van der Waals surface area contributed by atoms with Crippen LogP contribution < -0.4 is 5.32 Å². The number of halogens is 5. The molecule has 3 aliphatic heterocycles. The van der Waals surface area contributed by atoms with Crippen LogP contribution in [0.25, 0.3) is 0 Å². The predicted octanol–water partition coefficient (Wildman–Crippen LogP) is 17.0. The number of carboxylic acids is 1. The molecule has 6 atom stereocenters. The Hall–Kier alpha value is -7.96. The molecule has 3 N–H and O–H groups in total. The van der Waals surface area contributed by atoms with Gasteiger partial charge in [0.2, 0.25) is 5.78 Å². The minimum atomic E-state index is -1.44. The van der Waals surface area contributed by atoms with Crippen molar-refractivity contribution >= 4 is 175 Å². The molecule has 0 bridgehead atoms. The number of aliphatic hydroxyl groups excluding tert-OH is 1. The van der Waals surface area contributed by atoms with Gasteiger partial charge in [0.1, 0.15) is 27.4 Å². The van der Waals surface area contributed by atoms with Crippen LogP contribution in [-0.4, -0.2) is 204 Å². The molecule has 1 aromatic carbocycles. The number of allylic oxidation sites excluding steroid dienone is 4. The van der Waals surface area contributed by atoms with Crippen LogP contribution in [0.3, 0.4) is 0 Å². The average molecular weight is 2020 g/mol. The summed E-state index contributed by atoms with van der Waals surface area (Å²) in [6.07, 6.45) is 27.8. The molecule has 0 radical (unpaired) electrons. The van der Waals surface area contributed by atoms with E-state index in [0.717, 1.165) is 148 Å². The zero-order chi connectivity index (χ0) is 99.3. The van der Waals surface area contributed by atoms with Crippen molar-refractivity contribution in [3.8, 4) is 0 Å². The number of fused-ring (bicyclic) bond motifs is 2. The van der Waals surface area contributed by atoms with Crippen molar-refractivity contribution < 1.29 is 147 Å². The fraction of sp³-hybridized carbons (Fsp3) is 0.609. The number of nitrogens with one attached hydrogen (secondary N) is 1. The van der Waals surface area contributed by atoms with E-state index < -0.39 is 86.2 Å². The number of esters is 7. The van der Waals surface area contributed by atoms with Crippen molar-refractivity contribution in [2.45, 2.75) is 293 Å². The maximum atomic E-state index is 12.8. The second-order valence-corrected chi connectivity index (χ2v) is 35.2. The van der Waals surface area contributed by atoms with Gasteiger partial charge in [0.15, 0.2) is 47.3 Å². The number of hydrogen-bond acceptors (Lipinski definition) is 32. The van der Waals surface area contributed by atoms with Gasteiger partial charge >= 0.3 is 64.3 Å². The summed E-state index contributed by atoms with van der Waals surface area (Å²) in [6.45, 7) is 24.4. The van der Waals surface area contributed by atoms with E-state index in [1.807, 2.05) is 0 Å². The Kier molecular flexibility index (Phi) is 61.4. The summed E-state index contributed by atoms with van der Waals surface area (Å²) in [4.78, 5) is 181. The molecule has 6 fully saturated rings. The molecule has 733 valence electrons. The summed E-state index contributed by atoms with van der Waals surface area (Å²) in [6, 6.07) is 2.51. The molecule has 5 heterocycles. The number of aliphatic hydroxyl groups is 1. The number of benzene rings is 1. The third-order valence-electron chi connectivity index (χ3n) is 20.7. The van der Waals surface area contributed by atoms with Crippen LogP contribution in [0.15, 0.2) is 45.8 Å². The van der Waals surface area contributed by atoms with E-state index in [4.69, 9.17) is 87.7 Å². The van der Waals surface area contributed by atoms with Gasteiger partial charge in [-0.1, -0.05) is 40.9 Å². The molecule has 39 heteroatoms. The zero-order valence-corrected chi connectivity index (χ0v) is 84.2. The fourth-order valence-electron chi connectivity index (χ4n) is 14.7. The van der Waals surface area contributed by atoms with Crippen LogP contribution >= 0.6 is 81.7 Å². The summed E-state index contributed by atoms with van der Waals surface area (Å²) in [5.74, 6) is -4.46. The van der Waals surface area contributed by atoms with Gasteiger partial charge in [0.05, 0.1) is 59.1 Å². The van der Waals surface area contributed by atoms with Gasteiger partial charge in [-0.05, 0) is 262 Å². The number of carboxylic acid groups (broad SMARTS) is 1. The molecule has 2 aromatic heterocycles. The molecule has 10 aliphatic rings. The number of methoxy groups -OCH3 is 3. The van der Waals surface area contributed by atoms with E-state index in [1.54, 1.807) is 33.4 Å². The van der Waals surface area contributed by atoms with Crippen molar-refractivity contribution in [2.24, 2.45) is 5.92 Å². The molecule has 13 rings (SSSR count). The number of thiophene rings is 2. The average Bonchev–Trinajstić information content (AvgIpc) is 1.62. The molecule has 30 nitrogen and oxygen atoms in total. The molecular formula is C92H128Cl4FMnN3O27S3. The van der Waals surface area contributed by atoms with Crippen molar-refractivity contribution in [3.63, 3.8) is 0 Å². The standard InChI is InChI=1S/C14H21NO3.C11H14O3S.C11H12O3S.C10H13ClO3.C10H14O4.C9H15N.C8H5Cl2FO.C5H7ClO3.C5H8O.C4H9N.C3H6O2S.C2H4O2.Mn.2O/c1-10(18-11(2)16)14(17)12-6-5-7-13(12)15-8-3-4-9-15;2*1-6(12)9-7-4-3-5-8(7)10(15-9)11(13)14-2;1-6(14-7(2)12)10(11)8-4-3-5-9(8)13;1-6(14-7(2)11)10(13)8-4-3-5-9(8)12;1-2-6-9(5-1)10-7-3-4-8-10;1-4(12)5-2-6(9)8(11)7(10)3-5;1-3(5(6)8)9-4(2)7;6-5-3-1-2-4-5;1-2-4-5-3-1;1-5-3(4)2-6;1-2(3)4;;;/h10H,3-9H2,1-2H3;6,12H,3-5H2,1-2H3;3-5H2,1-2H3;6H,3-5H2,1-2H3;6,8H,3-5H2,1-2H3;5H,1-4,6-8H2;2-3H,1H3;3H,1-2H3;1-4H2;5H,1-4H2;6H,2H2,1H3;1H3,(H,3,4);;;/b;;;10-8-;;;;;;;;;;;. The van der Waals surface area contributed by atoms with E-state index in [-0.39, 0.29) is 74.4 Å². The topological polar surface area (TPSA) is 431 Å². The van der Waals surface area contributed by atoms with Gasteiger partial charge in [0.25, 0.3) is 11.2 Å². The second kappa shape index (κ2) is 66.4. The Morgan fingerprint density at radius 1 is 0.534 bits per heavy atom. The summed E-state index contributed by atoms with van der Waals surface area (Å²) in [7, 11) is 4.10. The third kappa shape index (κ3) is 46.2. The van der Waals surface area contributed by atoms with Gasteiger partial charge in [-0.2, -0.15) is 12.6 Å². The Morgan fingerprint density at radius 3 is 1.36 bits per heavy atom. The molecule has 6 unspecified atom stereocenters. The van der Waals surface area contributed by atoms with Crippen LogP contribution in [0.2, 0.25) is 10.0 Å². The number of nitrogens with zero attached hydrogens (tertiary/aromatic N) is 2. The second-order valence-electron chi connectivity index (χ2n) is 31.1. The first-order chi connectivity index (χ1) is 61.8. The molecule has 3 aromatic rings. The summed E-state index contributed by atoms with van der Waals surface area (Å²) in [5.41, 5.74) is 9.06. The van der Waals surface area contributed by atoms with E-state index in [9.17, 15) is 81.4 Å². The molecule has 3 saturated heterocycles. The Bertz CT molecular complexity index is 4450. The summed E-state index contributed by atoms with van der Waals surface area (Å²) >= 11 is 26.7. The van der Waals surface area contributed by atoms with Crippen LogP contribution in [0.5, 0.6) is 0 Å². The number of likely N-dealkylation sites (tertiary alicyclic amines) is 2. The summed E-state index contributed by atoms with van der Waals surface area (Å²) in [5, 5.41) is 19.7.